The van der Waals surface area contributed by atoms with Gasteiger partial charge in [-0.25, -0.2) is 4.57 Å². The van der Waals surface area contributed by atoms with Crippen LogP contribution < -0.4 is 5.32 Å². The summed E-state index contributed by atoms with van der Waals surface area (Å²) in [5.74, 6) is -0.237. The van der Waals surface area contributed by atoms with Crippen LogP contribution in [0.2, 0.25) is 0 Å². The first-order chi connectivity index (χ1) is 38.5. The maximum Gasteiger partial charge on any atom is 0.472 e. The Balaban J connectivity index is 4.33. The van der Waals surface area contributed by atoms with E-state index in [0.717, 1.165) is 89.9 Å². The molecule has 0 aliphatic rings. The summed E-state index contributed by atoms with van der Waals surface area (Å²) in [6.07, 6.45) is 90.2. The van der Waals surface area contributed by atoms with Gasteiger partial charge in [-0.1, -0.05) is 270 Å². The average molecular weight is 1120 g/mol. The lowest BCUT2D eigenvalue weighted by molar-refractivity contribution is -0.870. The molecule has 79 heavy (non-hydrogen) atoms. The minimum Gasteiger partial charge on any atom is -0.387 e. The van der Waals surface area contributed by atoms with Gasteiger partial charge in [0.25, 0.3) is 0 Å². The molecule has 0 aliphatic carbocycles. The zero-order valence-electron chi connectivity index (χ0n) is 51.6. The first kappa shape index (κ1) is 75.6. The number of carbonyl (C=O) groups excluding carboxylic acids is 1. The van der Waals surface area contributed by atoms with Gasteiger partial charge in [0.05, 0.1) is 39.9 Å². The fourth-order valence-electron chi connectivity index (χ4n) is 8.62. The summed E-state index contributed by atoms with van der Waals surface area (Å²) in [6, 6.07) is -0.906. The minimum atomic E-state index is -4.39. The van der Waals surface area contributed by atoms with Crippen LogP contribution in [0.1, 0.15) is 251 Å². The number of nitrogens with zero attached hydrogens (tertiary/aromatic N) is 1. The molecule has 452 valence electrons. The number of nitrogens with one attached hydrogen (secondary N) is 1. The second kappa shape index (κ2) is 59.3. The van der Waals surface area contributed by atoms with Gasteiger partial charge >= 0.3 is 7.82 Å². The summed E-state index contributed by atoms with van der Waals surface area (Å²) < 4.78 is 23.7. The Hall–Kier alpha value is -3.36. The number of carbonyl (C=O) groups is 1. The number of aliphatic hydroxyl groups is 1. The number of quaternary nitrogens is 1. The highest BCUT2D eigenvalue weighted by molar-refractivity contribution is 7.47. The summed E-state index contributed by atoms with van der Waals surface area (Å²) in [5, 5.41) is 13.9. The maximum absolute atomic E-state index is 13.0. The van der Waals surface area contributed by atoms with E-state index in [0.29, 0.717) is 17.4 Å². The Kier molecular flexibility index (Phi) is 56.7. The van der Waals surface area contributed by atoms with Crippen LogP contribution in [-0.2, 0) is 18.4 Å². The highest BCUT2D eigenvalue weighted by atomic mass is 31.2. The van der Waals surface area contributed by atoms with Gasteiger partial charge in [-0.2, -0.15) is 0 Å². The number of aliphatic hydroxyl groups excluding tert-OH is 1. The molecular formula is C70H122N2O6P+. The molecule has 0 heterocycles. The molecule has 8 nitrogen and oxygen atoms in total. The molecule has 0 aromatic rings. The number of phosphoric ester groups is 1. The number of unbranched alkanes of at least 4 members (excludes halogenated alkanes) is 24. The molecule has 0 spiro atoms. The number of amides is 1. The van der Waals surface area contributed by atoms with Crippen LogP contribution in [0.5, 0.6) is 0 Å². The summed E-state index contributed by atoms with van der Waals surface area (Å²) in [7, 11) is 1.50. The quantitative estimate of drug-likeness (QED) is 0.0243. The normalized spacial score (nSPS) is 14.7. The topological polar surface area (TPSA) is 105 Å². The van der Waals surface area contributed by atoms with Crippen molar-refractivity contribution in [2.45, 2.75) is 264 Å². The van der Waals surface area contributed by atoms with Crippen molar-refractivity contribution in [3.8, 4) is 0 Å². The number of hydrogen-bond donors (Lipinski definition) is 3. The molecule has 0 rings (SSSR count). The van der Waals surface area contributed by atoms with Crippen LogP contribution >= 0.6 is 7.82 Å². The van der Waals surface area contributed by atoms with Crippen LogP contribution in [-0.4, -0.2) is 73.4 Å². The SMILES string of the molecule is CC/C=C\C/C=C\C/C=C\C/C=C\C/C=C\C/C=C\C/C=C\C/C=C\CCCCC(=O)NC(COP(=O)(O)OCC[N+](C)(C)C)C(O)/C=C/CC/C=C/CC/C=C/CCCCCCCCCCCCCCCCCCCCCC. The van der Waals surface area contributed by atoms with E-state index in [9.17, 15) is 19.4 Å². The van der Waals surface area contributed by atoms with Crippen molar-refractivity contribution in [3.05, 3.63) is 134 Å². The van der Waals surface area contributed by atoms with E-state index in [-0.39, 0.29) is 25.5 Å². The number of hydrogen-bond acceptors (Lipinski definition) is 5. The lowest BCUT2D eigenvalue weighted by Crippen LogP contribution is -2.45. The third-order valence-electron chi connectivity index (χ3n) is 13.6. The van der Waals surface area contributed by atoms with Crippen LogP contribution in [0.25, 0.3) is 0 Å². The fourth-order valence-corrected chi connectivity index (χ4v) is 9.36. The van der Waals surface area contributed by atoms with E-state index < -0.39 is 20.0 Å². The highest BCUT2D eigenvalue weighted by Crippen LogP contribution is 2.43. The molecular weight excluding hydrogens is 996 g/mol. The molecule has 3 unspecified atom stereocenters. The lowest BCUT2D eigenvalue weighted by Gasteiger charge is -2.25. The Morgan fingerprint density at radius 2 is 0.772 bits per heavy atom. The molecule has 0 fully saturated rings. The largest absolute Gasteiger partial charge is 0.472 e. The molecule has 0 saturated carbocycles. The van der Waals surface area contributed by atoms with Gasteiger partial charge in [0.15, 0.2) is 0 Å². The monoisotopic (exact) mass is 1120 g/mol. The van der Waals surface area contributed by atoms with Gasteiger partial charge in [-0.05, 0) is 109 Å². The van der Waals surface area contributed by atoms with Crippen LogP contribution in [0.3, 0.4) is 0 Å². The number of likely N-dealkylation sites (N-methyl/N-ethyl adjacent to an activating group) is 1. The maximum atomic E-state index is 13.0. The zero-order valence-corrected chi connectivity index (χ0v) is 52.5. The third-order valence-corrected chi connectivity index (χ3v) is 14.6. The van der Waals surface area contributed by atoms with Gasteiger partial charge < -0.3 is 19.8 Å². The summed E-state index contributed by atoms with van der Waals surface area (Å²) in [6.45, 7) is 4.64. The first-order valence-electron chi connectivity index (χ1n) is 32.1. The Morgan fingerprint density at radius 1 is 0.443 bits per heavy atom. The van der Waals surface area contributed by atoms with Gasteiger partial charge in [0, 0.05) is 6.42 Å². The number of rotatable bonds is 57. The van der Waals surface area contributed by atoms with Crippen LogP contribution in [0, 0.1) is 0 Å². The second-order valence-electron chi connectivity index (χ2n) is 22.4. The first-order valence-corrected chi connectivity index (χ1v) is 33.6. The van der Waals surface area contributed by atoms with E-state index in [4.69, 9.17) is 9.05 Å². The smallest absolute Gasteiger partial charge is 0.387 e. The molecule has 9 heteroatoms. The van der Waals surface area contributed by atoms with Crippen molar-refractivity contribution in [3.63, 3.8) is 0 Å². The Morgan fingerprint density at radius 3 is 1.16 bits per heavy atom. The molecule has 0 aromatic heterocycles. The van der Waals surface area contributed by atoms with Crippen LogP contribution in [0.15, 0.2) is 134 Å². The van der Waals surface area contributed by atoms with Crippen molar-refractivity contribution in [1.29, 1.82) is 0 Å². The van der Waals surface area contributed by atoms with Crippen molar-refractivity contribution in [2.24, 2.45) is 0 Å². The predicted octanol–water partition coefficient (Wildman–Crippen LogP) is 20.3. The van der Waals surface area contributed by atoms with Gasteiger partial charge in [0.1, 0.15) is 13.2 Å². The molecule has 0 radical (unpaired) electrons. The zero-order chi connectivity index (χ0) is 57.7. The van der Waals surface area contributed by atoms with E-state index in [2.05, 4.69) is 141 Å². The summed E-state index contributed by atoms with van der Waals surface area (Å²) in [5.41, 5.74) is 0. The van der Waals surface area contributed by atoms with Crippen molar-refractivity contribution < 1.29 is 32.9 Å². The van der Waals surface area contributed by atoms with Gasteiger partial charge in [-0.15, -0.1) is 0 Å². The van der Waals surface area contributed by atoms with E-state index >= 15 is 0 Å². The fraction of sp³-hybridized carbons (Fsp3) is 0.671. The minimum absolute atomic E-state index is 0.0370. The molecule has 1 amide bonds. The van der Waals surface area contributed by atoms with Crippen molar-refractivity contribution in [2.75, 3.05) is 40.9 Å². The third kappa shape index (κ3) is 62.1. The molecule has 3 atom stereocenters. The van der Waals surface area contributed by atoms with E-state index in [1.54, 1.807) is 6.08 Å². The summed E-state index contributed by atoms with van der Waals surface area (Å²) in [4.78, 5) is 23.3. The molecule has 0 bridgehead atoms. The molecule has 3 N–H and O–H groups in total. The van der Waals surface area contributed by atoms with E-state index in [1.165, 1.54) is 135 Å². The van der Waals surface area contributed by atoms with Gasteiger partial charge in [0.2, 0.25) is 5.91 Å². The number of phosphoric acid groups is 1. The molecule has 0 aromatic carbocycles. The Labute approximate surface area is 487 Å². The van der Waals surface area contributed by atoms with Crippen molar-refractivity contribution in [1.82, 2.24) is 5.32 Å². The lowest BCUT2D eigenvalue weighted by atomic mass is 10.0. The average Bonchev–Trinajstić information content (AvgIpc) is 3.42. The molecule has 0 saturated heterocycles. The standard InChI is InChI=1S/C70H121N2O6P/c1-6-8-10-12-14-16-18-20-22-24-26-28-30-32-34-35-36-38-39-41-43-45-47-49-51-53-55-57-59-61-63-69(73)68(67-78-79(75,76)77-66-65-72(3,4)5)71-70(74)64-62-60-58-56-54-52-50-48-46-44-42-40-37-33-31-29-27-25-23-21-19-17-15-13-11-9-7-2/h9,11,15,17,21,23,27,29,33,37,42,44-45,47-48,50,53-56,61,63,68-69,73H,6-8,10,12-14,16,18-20,22,24-26,28,30-32,34-36,38-41,43,46,49,51-52,57-60,62,64-67H2,1-5H3,(H-,71,74,75,76)/p+1/b11-9-,17-15-,23-21-,29-27-,37-33-,44-42-,47-45+,50-48-,55-53+,56-54-,63-61+. The highest BCUT2D eigenvalue weighted by Gasteiger charge is 2.27. The van der Waals surface area contributed by atoms with Crippen LogP contribution in [0.4, 0.5) is 0 Å². The predicted molar refractivity (Wildman–Crippen MR) is 345 cm³/mol. The Bertz CT molecular complexity index is 1750. The molecule has 0 aliphatic heterocycles. The number of allylic oxidation sites excluding steroid dienone is 21. The van der Waals surface area contributed by atoms with E-state index in [1.807, 2.05) is 27.2 Å². The summed E-state index contributed by atoms with van der Waals surface area (Å²) >= 11 is 0. The second-order valence-corrected chi connectivity index (χ2v) is 23.8. The van der Waals surface area contributed by atoms with Gasteiger partial charge in [-0.3, -0.25) is 13.8 Å². The van der Waals surface area contributed by atoms with Crippen molar-refractivity contribution >= 4 is 13.7 Å².